The summed E-state index contributed by atoms with van der Waals surface area (Å²) in [5.41, 5.74) is 5.98. The number of nitrogens with two attached hydrogens (primary N) is 1. The zero-order valence-corrected chi connectivity index (χ0v) is 12.7. The standard InChI is InChI=1S/C12H15BrN2O2S/c1-3-15(7-11(14)18)12(16)9-5-4-8(13)6-10(9)17-2/h4-6H,3,7H2,1-2H3,(H2,14,18). The molecule has 0 unspecified atom stereocenters. The van der Waals surface area contributed by atoms with Crippen molar-refractivity contribution in [3.8, 4) is 5.75 Å². The molecule has 2 N–H and O–H groups in total. The van der Waals surface area contributed by atoms with Crippen molar-refractivity contribution in [2.24, 2.45) is 5.73 Å². The van der Waals surface area contributed by atoms with Crippen LogP contribution in [0, 0.1) is 0 Å². The highest BCUT2D eigenvalue weighted by Crippen LogP contribution is 2.24. The fourth-order valence-electron chi connectivity index (χ4n) is 1.53. The van der Waals surface area contributed by atoms with Crippen molar-refractivity contribution in [1.29, 1.82) is 0 Å². The van der Waals surface area contributed by atoms with Crippen LogP contribution in [-0.4, -0.2) is 36.0 Å². The van der Waals surface area contributed by atoms with Crippen molar-refractivity contribution >= 4 is 39.0 Å². The number of likely N-dealkylation sites (N-methyl/N-ethyl adjacent to an activating group) is 1. The first-order valence-electron chi connectivity index (χ1n) is 5.40. The van der Waals surface area contributed by atoms with Crippen LogP contribution in [0.3, 0.4) is 0 Å². The Morgan fingerprint density at radius 1 is 1.56 bits per heavy atom. The van der Waals surface area contributed by atoms with Gasteiger partial charge in [0.1, 0.15) is 5.75 Å². The highest BCUT2D eigenvalue weighted by molar-refractivity contribution is 9.10. The summed E-state index contributed by atoms with van der Waals surface area (Å²) in [5.74, 6) is 0.380. The summed E-state index contributed by atoms with van der Waals surface area (Å²) in [7, 11) is 1.53. The molecule has 18 heavy (non-hydrogen) atoms. The topological polar surface area (TPSA) is 55.6 Å². The average molecular weight is 331 g/mol. The van der Waals surface area contributed by atoms with Crippen molar-refractivity contribution < 1.29 is 9.53 Å². The molecule has 0 saturated heterocycles. The van der Waals surface area contributed by atoms with Gasteiger partial charge in [-0.15, -0.1) is 0 Å². The molecule has 0 atom stereocenters. The largest absolute Gasteiger partial charge is 0.496 e. The van der Waals surface area contributed by atoms with E-state index in [2.05, 4.69) is 15.9 Å². The number of rotatable bonds is 5. The number of hydrogen-bond donors (Lipinski definition) is 1. The highest BCUT2D eigenvalue weighted by atomic mass is 79.9. The lowest BCUT2D eigenvalue weighted by atomic mass is 10.1. The van der Waals surface area contributed by atoms with Gasteiger partial charge in [0.05, 0.1) is 24.2 Å². The van der Waals surface area contributed by atoms with E-state index < -0.39 is 0 Å². The number of ether oxygens (including phenoxy) is 1. The zero-order valence-electron chi connectivity index (χ0n) is 10.3. The van der Waals surface area contributed by atoms with Crippen LogP contribution in [0.1, 0.15) is 17.3 Å². The molecule has 0 bridgehead atoms. The van der Waals surface area contributed by atoms with Crippen LogP contribution in [0.4, 0.5) is 0 Å². The quantitative estimate of drug-likeness (QED) is 0.841. The molecule has 0 aliphatic heterocycles. The van der Waals surface area contributed by atoms with Crippen LogP contribution in [0.2, 0.25) is 0 Å². The van der Waals surface area contributed by atoms with Crippen LogP contribution >= 0.6 is 28.1 Å². The lowest BCUT2D eigenvalue weighted by Gasteiger charge is -2.21. The molecule has 1 aromatic carbocycles. The number of amides is 1. The molecule has 98 valence electrons. The van der Waals surface area contributed by atoms with Crippen LogP contribution < -0.4 is 10.5 Å². The molecule has 1 rings (SSSR count). The third-order valence-corrected chi connectivity index (χ3v) is 3.03. The van der Waals surface area contributed by atoms with Crippen molar-refractivity contribution in [3.63, 3.8) is 0 Å². The predicted molar refractivity (Wildman–Crippen MR) is 79.1 cm³/mol. The summed E-state index contributed by atoms with van der Waals surface area (Å²) in [6.45, 7) is 2.68. The van der Waals surface area contributed by atoms with Crippen molar-refractivity contribution in [3.05, 3.63) is 28.2 Å². The average Bonchev–Trinajstić information content (AvgIpc) is 2.34. The number of hydrogen-bond acceptors (Lipinski definition) is 3. The molecule has 4 nitrogen and oxygen atoms in total. The first-order chi connectivity index (χ1) is 8.49. The van der Waals surface area contributed by atoms with Gasteiger partial charge < -0.3 is 15.4 Å². The fourth-order valence-corrected chi connectivity index (χ4v) is 2.02. The Morgan fingerprint density at radius 2 is 2.22 bits per heavy atom. The molecular weight excluding hydrogens is 316 g/mol. The lowest BCUT2D eigenvalue weighted by molar-refractivity contribution is 0.0784. The SMILES string of the molecule is CCN(CC(N)=S)C(=O)c1ccc(Br)cc1OC. The molecule has 0 heterocycles. The third-order valence-electron chi connectivity index (χ3n) is 2.41. The maximum absolute atomic E-state index is 12.3. The number of nitrogens with zero attached hydrogens (tertiary/aromatic N) is 1. The van der Waals surface area contributed by atoms with Crippen molar-refractivity contribution in [2.45, 2.75) is 6.92 Å². The van der Waals surface area contributed by atoms with Crippen LogP contribution in [0.15, 0.2) is 22.7 Å². The molecule has 1 amide bonds. The number of halogens is 1. The molecule has 0 radical (unpaired) electrons. The van der Waals surface area contributed by atoms with E-state index in [4.69, 9.17) is 22.7 Å². The first kappa shape index (κ1) is 14.9. The summed E-state index contributed by atoms with van der Waals surface area (Å²) >= 11 is 8.17. The molecule has 0 spiro atoms. The molecule has 0 aliphatic rings. The summed E-state index contributed by atoms with van der Waals surface area (Å²) < 4.78 is 6.06. The van der Waals surface area contributed by atoms with Gasteiger partial charge in [0.15, 0.2) is 0 Å². The van der Waals surface area contributed by atoms with E-state index in [1.807, 2.05) is 6.92 Å². The van der Waals surface area contributed by atoms with Crippen LogP contribution in [-0.2, 0) is 0 Å². The number of carbonyl (C=O) groups is 1. The number of carbonyl (C=O) groups excluding carboxylic acids is 1. The lowest BCUT2D eigenvalue weighted by Crippen LogP contribution is -2.37. The maximum Gasteiger partial charge on any atom is 0.257 e. The molecule has 0 fully saturated rings. The number of thiocarbonyl (C=S) groups is 1. The second-order valence-electron chi connectivity index (χ2n) is 3.63. The Morgan fingerprint density at radius 3 is 2.72 bits per heavy atom. The smallest absolute Gasteiger partial charge is 0.257 e. The van der Waals surface area contributed by atoms with Gasteiger partial charge in [-0.3, -0.25) is 4.79 Å². The summed E-state index contributed by atoms with van der Waals surface area (Å²) in [5, 5.41) is 0. The summed E-state index contributed by atoms with van der Waals surface area (Å²) in [6.07, 6.45) is 0. The Kier molecular flexibility index (Phi) is 5.55. The third kappa shape index (κ3) is 3.68. The minimum Gasteiger partial charge on any atom is -0.496 e. The molecule has 0 saturated carbocycles. The first-order valence-corrected chi connectivity index (χ1v) is 6.60. The van der Waals surface area contributed by atoms with Crippen LogP contribution in [0.25, 0.3) is 0 Å². The van der Waals surface area contributed by atoms with E-state index >= 15 is 0 Å². The molecule has 0 aromatic heterocycles. The number of methoxy groups -OCH3 is 1. The Bertz CT molecular complexity index is 465. The van der Waals surface area contributed by atoms with Gasteiger partial charge >= 0.3 is 0 Å². The van der Waals surface area contributed by atoms with Crippen molar-refractivity contribution in [1.82, 2.24) is 4.90 Å². The van der Waals surface area contributed by atoms with Gasteiger partial charge in [0, 0.05) is 11.0 Å². The minimum atomic E-state index is -0.144. The normalized spacial score (nSPS) is 9.94. The van der Waals surface area contributed by atoms with E-state index in [0.717, 1.165) is 4.47 Å². The summed E-state index contributed by atoms with van der Waals surface area (Å²) in [6, 6.07) is 5.26. The second kappa shape index (κ2) is 6.70. The Balaban J connectivity index is 3.04. The van der Waals surface area contributed by atoms with E-state index in [-0.39, 0.29) is 12.5 Å². The van der Waals surface area contributed by atoms with E-state index in [1.165, 1.54) is 7.11 Å². The fraction of sp³-hybridized carbons (Fsp3) is 0.333. The minimum absolute atomic E-state index is 0.144. The highest BCUT2D eigenvalue weighted by Gasteiger charge is 2.18. The summed E-state index contributed by atoms with van der Waals surface area (Å²) in [4.78, 5) is 14.2. The molecule has 6 heteroatoms. The van der Waals surface area contributed by atoms with Crippen LogP contribution in [0.5, 0.6) is 5.75 Å². The van der Waals surface area contributed by atoms with Gasteiger partial charge in [-0.1, -0.05) is 28.1 Å². The van der Waals surface area contributed by atoms with E-state index in [1.54, 1.807) is 23.1 Å². The zero-order chi connectivity index (χ0) is 13.7. The molecular formula is C12H15BrN2O2S. The molecule has 0 aliphatic carbocycles. The van der Waals surface area contributed by atoms with Gasteiger partial charge in [0.25, 0.3) is 5.91 Å². The van der Waals surface area contributed by atoms with Gasteiger partial charge in [0.2, 0.25) is 0 Å². The van der Waals surface area contributed by atoms with Gasteiger partial charge in [-0.2, -0.15) is 0 Å². The second-order valence-corrected chi connectivity index (χ2v) is 5.07. The monoisotopic (exact) mass is 330 g/mol. The van der Waals surface area contributed by atoms with Gasteiger partial charge in [-0.25, -0.2) is 0 Å². The van der Waals surface area contributed by atoms with Crippen molar-refractivity contribution in [2.75, 3.05) is 20.2 Å². The Labute approximate surface area is 120 Å². The van der Waals surface area contributed by atoms with E-state index in [0.29, 0.717) is 22.8 Å². The Hall–Kier alpha value is -1.14. The maximum atomic E-state index is 12.3. The van der Waals surface area contributed by atoms with Gasteiger partial charge in [-0.05, 0) is 25.1 Å². The predicted octanol–water partition coefficient (Wildman–Crippen LogP) is 2.21. The molecule has 1 aromatic rings. The van der Waals surface area contributed by atoms with E-state index in [9.17, 15) is 4.79 Å². The number of benzene rings is 1.